The third-order valence-corrected chi connectivity index (χ3v) is 1.64. The maximum absolute atomic E-state index is 5.67. The molecule has 1 heterocycles. The smallest absolute Gasteiger partial charge is 0.224 e. The van der Waals surface area contributed by atoms with Gasteiger partial charge >= 0.3 is 0 Å². The number of amidine groups is 1. The van der Waals surface area contributed by atoms with Crippen molar-refractivity contribution < 1.29 is 0 Å². The second-order valence-electron chi connectivity index (χ2n) is 2.59. The van der Waals surface area contributed by atoms with Crippen molar-refractivity contribution in [2.24, 2.45) is 9.98 Å². The zero-order valence-corrected chi connectivity index (χ0v) is 8.68. The van der Waals surface area contributed by atoms with Crippen LogP contribution in [0.1, 0.15) is 0 Å². The first-order valence-electron chi connectivity index (χ1n) is 3.62. The number of aliphatic imine (C=N–C) groups is 2. The van der Waals surface area contributed by atoms with Gasteiger partial charge in [-0.25, -0.2) is 9.98 Å². The molecule has 0 spiro atoms. The molecule has 0 aromatic rings. The minimum atomic E-state index is 0.106. The minimum absolute atomic E-state index is 0.106. The highest BCUT2D eigenvalue weighted by Crippen LogP contribution is 2.05. The monoisotopic (exact) mass is 217 g/mol. The molecule has 0 fully saturated rings. The standard InChI is InChI=1S/C8H9Cl2N3/c1-6(9)11-8(10)12-7-3-4-13(2)5-7/h3-4H,1,5H2,2H3. The van der Waals surface area contributed by atoms with Gasteiger partial charge in [-0.05, 0) is 17.7 Å². The summed E-state index contributed by atoms with van der Waals surface area (Å²) >= 11 is 11.1. The summed E-state index contributed by atoms with van der Waals surface area (Å²) in [5.74, 6) is 0. The Morgan fingerprint density at radius 2 is 2.31 bits per heavy atom. The van der Waals surface area contributed by atoms with E-state index in [-0.39, 0.29) is 10.5 Å². The van der Waals surface area contributed by atoms with Crippen molar-refractivity contribution in [3.05, 3.63) is 24.0 Å². The Balaban J connectivity index is 2.67. The van der Waals surface area contributed by atoms with Gasteiger partial charge in [0.05, 0.1) is 12.3 Å². The lowest BCUT2D eigenvalue weighted by molar-refractivity contribution is 0.540. The summed E-state index contributed by atoms with van der Waals surface area (Å²) < 4.78 is 0. The van der Waals surface area contributed by atoms with Crippen LogP contribution in [-0.4, -0.2) is 29.5 Å². The van der Waals surface area contributed by atoms with Crippen LogP contribution in [0.4, 0.5) is 0 Å². The van der Waals surface area contributed by atoms with Gasteiger partial charge in [-0.15, -0.1) is 0 Å². The quantitative estimate of drug-likeness (QED) is 0.376. The van der Waals surface area contributed by atoms with Gasteiger partial charge in [0.2, 0.25) is 5.29 Å². The molecule has 13 heavy (non-hydrogen) atoms. The van der Waals surface area contributed by atoms with Gasteiger partial charge in [-0.3, -0.25) is 0 Å². The van der Waals surface area contributed by atoms with Gasteiger partial charge < -0.3 is 4.90 Å². The molecule has 0 aliphatic carbocycles. The fourth-order valence-electron chi connectivity index (χ4n) is 0.890. The van der Waals surface area contributed by atoms with E-state index in [0.29, 0.717) is 0 Å². The highest BCUT2D eigenvalue weighted by molar-refractivity contribution is 6.66. The van der Waals surface area contributed by atoms with Crippen molar-refractivity contribution in [3.63, 3.8) is 0 Å². The van der Waals surface area contributed by atoms with Crippen molar-refractivity contribution in [1.29, 1.82) is 0 Å². The van der Waals surface area contributed by atoms with Crippen molar-refractivity contribution in [2.75, 3.05) is 13.6 Å². The van der Waals surface area contributed by atoms with Crippen LogP contribution in [0.25, 0.3) is 0 Å². The Kier molecular flexibility index (Phi) is 3.51. The van der Waals surface area contributed by atoms with Crippen LogP contribution >= 0.6 is 23.2 Å². The van der Waals surface area contributed by atoms with Crippen LogP contribution in [0.5, 0.6) is 0 Å². The molecule has 0 radical (unpaired) electrons. The maximum atomic E-state index is 5.67. The van der Waals surface area contributed by atoms with Crippen LogP contribution in [0.15, 0.2) is 34.0 Å². The summed E-state index contributed by atoms with van der Waals surface area (Å²) in [6, 6.07) is 0. The van der Waals surface area contributed by atoms with E-state index in [2.05, 4.69) is 16.6 Å². The fourth-order valence-corrected chi connectivity index (χ4v) is 1.22. The topological polar surface area (TPSA) is 28.0 Å². The normalized spacial score (nSPS) is 20.1. The first kappa shape index (κ1) is 10.3. The summed E-state index contributed by atoms with van der Waals surface area (Å²) in [6.45, 7) is 4.12. The first-order valence-corrected chi connectivity index (χ1v) is 4.38. The van der Waals surface area contributed by atoms with E-state index < -0.39 is 0 Å². The van der Waals surface area contributed by atoms with Crippen LogP contribution < -0.4 is 0 Å². The summed E-state index contributed by atoms with van der Waals surface area (Å²) in [5.41, 5.74) is 0.856. The molecule has 0 aromatic carbocycles. The van der Waals surface area contributed by atoms with Gasteiger partial charge in [0.1, 0.15) is 5.16 Å². The zero-order chi connectivity index (χ0) is 9.84. The number of halogens is 2. The zero-order valence-electron chi connectivity index (χ0n) is 7.17. The molecule has 5 heteroatoms. The minimum Gasteiger partial charge on any atom is -0.374 e. The Bertz CT molecular complexity index is 305. The van der Waals surface area contributed by atoms with E-state index in [1.807, 2.05) is 24.2 Å². The second kappa shape index (κ2) is 4.44. The van der Waals surface area contributed by atoms with Crippen LogP contribution in [-0.2, 0) is 0 Å². The Labute approximate surface area is 87.1 Å². The molecule has 0 unspecified atom stereocenters. The van der Waals surface area contributed by atoms with Crippen LogP contribution in [0.2, 0.25) is 0 Å². The molecule has 1 rings (SSSR count). The molecule has 0 saturated carbocycles. The molecule has 0 saturated heterocycles. The predicted octanol–water partition coefficient (Wildman–Crippen LogP) is 2.19. The molecular weight excluding hydrogens is 209 g/mol. The van der Waals surface area contributed by atoms with Gasteiger partial charge in [-0.2, -0.15) is 0 Å². The largest absolute Gasteiger partial charge is 0.374 e. The molecule has 1 aliphatic heterocycles. The molecule has 0 aromatic heterocycles. The Hall–Kier alpha value is -0.800. The Morgan fingerprint density at radius 3 is 2.77 bits per heavy atom. The number of hydrogen-bond donors (Lipinski definition) is 0. The van der Waals surface area contributed by atoms with Crippen molar-refractivity contribution in [3.8, 4) is 0 Å². The number of rotatable bonds is 1. The van der Waals surface area contributed by atoms with Crippen LogP contribution in [0.3, 0.4) is 0 Å². The molecular formula is C8H9Cl2N3. The maximum Gasteiger partial charge on any atom is 0.224 e. The summed E-state index contributed by atoms with van der Waals surface area (Å²) in [4.78, 5) is 9.69. The lowest BCUT2D eigenvalue weighted by atomic mass is 10.4. The lowest BCUT2D eigenvalue weighted by Crippen LogP contribution is -2.12. The summed E-state index contributed by atoms with van der Waals surface area (Å²) in [6.07, 6.45) is 3.79. The SMILES string of the molecule is C=C(Cl)N=C(Cl)N=C1C=CN(C)C1. The predicted molar refractivity (Wildman–Crippen MR) is 57.5 cm³/mol. The number of hydrogen-bond acceptors (Lipinski definition) is 2. The second-order valence-corrected chi connectivity index (χ2v) is 3.37. The molecule has 3 nitrogen and oxygen atoms in total. The van der Waals surface area contributed by atoms with E-state index >= 15 is 0 Å². The molecule has 0 amide bonds. The van der Waals surface area contributed by atoms with Gasteiger partial charge in [0.15, 0.2) is 0 Å². The molecule has 0 atom stereocenters. The van der Waals surface area contributed by atoms with E-state index in [1.165, 1.54) is 0 Å². The molecule has 1 aliphatic rings. The highest BCUT2D eigenvalue weighted by Gasteiger charge is 2.06. The van der Waals surface area contributed by atoms with E-state index in [0.717, 1.165) is 12.3 Å². The van der Waals surface area contributed by atoms with Crippen molar-refractivity contribution >= 4 is 34.2 Å². The average molecular weight is 218 g/mol. The van der Waals surface area contributed by atoms with E-state index in [4.69, 9.17) is 23.2 Å². The Morgan fingerprint density at radius 1 is 1.62 bits per heavy atom. The molecule has 0 bridgehead atoms. The third-order valence-electron chi connectivity index (χ3n) is 1.38. The third kappa shape index (κ3) is 3.61. The van der Waals surface area contributed by atoms with E-state index in [1.54, 1.807) is 0 Å². The van der Waals surface area contributed by atoms with Crippen LogP contribution in [0, 0.1) is 0 Å². The van der Waals surface area contributed by atoms with Gasteiger partial charge in [0.25, 0.3) is 0 Å². The first-order chi connectivity index (χ1) is 6.08. The van der Waals surface area contributed by atoms with Crippen molar-refractivity contribution in [2.45, 2.75) is 0 Å². The van der Waals surface area contributed by atoms with Gasteiger partial charge in [0, 0.05) is 13.2 Å². The highest BCUT2D eigenvalue weighted by atomic mass is 35.5. The molecule has 70 valence electrons. The fraction of sp³-hybridized carbons (Fsp3) is 0.250. The van der Waals surface area contributed by atoms with Crippen molar-refractivity contribution in [1.82, 2.24) is 4.90 Å². The summed E-state index contributed by atoms with van der Waals surface area (Å²) in [5, 5.41) is 0.236. The molecule has 0 N–H and O–H groups in total. The van der Waals surface area contributed by atoms with Gasteiger partial charge in [-0.1, -0.05) is 18.2 Å². The van der Waals surface area contributed by atoms with E-state index in [9.17, 15) is 0 Å². The average Bonchev–Trinajstić information content (AvgIpc) is 2.33. The lowest BCUT2D eigenvalue weighted by Gasteiger charge is -2.03. The number of nitrogens with zero attached hydrogens (tertiary/aromatic N) is 3. The summed E-state index contributed by atoms with van der Waals surface area (Å²) in [7, 11) is 1.95.